The maximum absolute atomic E-state index is 13.1. The van der Waals surface area contributed by atoms with Crippen molar-refractivity contribution in [2.24, 2.45) is 23.7 Å². The number of hydrogen-bond acceptors (Lipinski definition) is 15. The number of ether oxygens (including phenoxy) is 4. The van der Waals surface area contributed by atoms with Gasteiger partial charge in [-0.3, -0.25) is 37.3 Å². The predicted molar refractivity (Wildman–Crippen MR) is 372 cm³/mol. The molecule has 92 heavy (non-hydrogen) atoms. The number of hydrogen-bond donors (Lipinski definition) is 3. The molecule has 0 saturated carbocycles. The molecule has 0 aromatic carbocycles. The molecule has 0 saturated heterocycles. The first kappa shape index (κ1) is 90.1. The van der Waals surface area contributed by atoms with Crippen molar-refractivity contribution in [1.82, 2.24) is 0 Å². The van der Waals surface area contributed by atoms with E-state index >= 15 is 0 Å². The molecule has 0 bridgehead atoms. The third-order valence-corrected chi connectivity index (χ3v) is 19.1. The normalized spacial score (nSPS) is 14.5. The highest BCUT2D eigenvalue weighted by atomic mass is 31.2. The summed E-state index contributed by atoms with van der Waals surface area (Å²) in [6, 6.07) is 0. The van der Waals surface area contributed by atoms with Crippen molar-refractivity contribution in [1.29, 1.82) is 0 Å². The lowest BCUT2D eigenvalue weighted by Crippen LogP contribution is -2.30. The second-order valence-electron chi connectivity index (χ2n) is 28.0. The van der Waals surface area contributed by atoms with E-state index in [0.29, 0.717) is 37.5 Å². The molecule has 0 amide bonds. The molecule has 0 heterocycles. The summed E-state index contributed by atoms with van der Waals surface area (Å²) >= 11 is 0. The Labute approximate surface area is 562 Å². The Bertz CT molecular complexity index is 1820. The molecule has 0 aliphatic rings. The van der Waals surface area contributed by atoms with Gasteiger partial charge in [0.25, 0.3) is 0 Å². The van der Waals surface area contributed by atoms with Gasteiger partial charge in [0, 0.05) is 25.7 Å². The second kappa shape index (κ2) is 62.6. The molecule has 17 nitrogen and oxygen atoms in total. The maximum atomic E-state index is 13.1. The predicted octanol–water partition coefficient (Wildman–Crippen LogP) is 20.9. The van der Waals surface area contributed by atoms with Crippen molar-refractivity contribution >= 4 is 39.5 Å². The quantitative estimate of drug-likeness (QED) is 0.0222. The van der Waals surface area contributed by atoms with E-state index in [1.165, 1.54) is 161 Å². The highest BCUT2D eigenvalue weighted by molar-refractivity contribution is 7.47. The number of carbonyl (C=O) groups excluding carboxylic acids is 4. The summed E-state index contributed by atoms with van der Waals surface area (Å²) in [5.74, 6) is 0.830. The summed E-state index contributed by atoms with van der Waals surface area (Å²) in [5.41, 5.74) is 0. The molecule has 0 aromatic heterocycles. The van der Waals surface area contributed by atoms with Gasteiger partial charge in [-0.1, -0.05) is 312 Å². The Hall–Kier alpha value is -1.94. The highest BCUT2D eigenvalue weighted by Crippen LogP contribution is 2.45. The van der Waals surface area contributed by atoms with Crippen LogP contribution in [0.25, 0.3) is 0 Å². The Kier molecular flexibility index (Phi) is 61.3. The minimum atomic E-state index is -4.95. The van der Waals surface area contributed by atoms with Gasteiger partial charge in [-0.2, -0.15) is 0 Å². The SMILES string of the molecule is CCC(C)CCCCCCCCCCCCCCCCCCCCC(=O)O[C@H](COC(=O)CCCCCCCCCCCC(C)C)COP(=O)(O)OC[C@@H](O)COP(=O)(O)OC[C@@H](COC(=O)CCCCCCCCC(C)C)OC(=O)CCCCCCCCC(C)C. The van der Waals surface area contributed by atoms with Crippen LogP contribution in [0.4, 0.5) is 0 Å². The van der Waals surface area contributed by atoms with Gasteiger partial charge in [0.2, 0.25) is 0 Å². The Morgan fingerprint density at radius 3 is 0.772 bits per heavy atom. The van der Waals surface area contributed by atoms with Crippen LogP contribution in [0.1, 0.15) is 364 Å². The van der Waals surface area contributed by atoms with E-state index in [0.717, 1.165) is 108 Å². The van der Waals surface area contributed by atoms with Crippen LogP contribution in [0.5, 0.6) is 0 Å². The minimum Gasteiger partial charge on any atom is -0.462 e. The molecular formula is C73H142O17P2. The molecule has 0 aliphatic heterocycles. The summed E-state index contributed by atoms with van der Waals surface area (Å²) in [7, 11) is -9.90. The number of unbranched alkanes of at least 4 members (excludes halogenated alkanes) is 35. The lowest BCUT2D eigenvalue weighted by molar-refractivity contribution is -0.161. The summed E-state index contributed by atoms with van der Waals surface area (Å²) in [5, 5.41) is 10.6. The van der Waals surface area contributed by atoms with Crippen LogP contribution < -0.4 is 0 Å². The first-order valence-corrected chi connectivity index (χ1v) is 40.7. The van der Waals surface area contributed by atoms with Gasteiger partial charge in [-0.25, -0.2) is 9.13 Å². The molecular weight excluding hydrogens is 1210 g/mol. The van der Waals surface area contributed by atoms with E-state index in [2.05, 4.69) is 55.4 Å². The fourth-order valence-corrected chi connectivity index (χ4v) is 12.6. The Morgan fingerprint density at radius 1 is 0.304 bits per heavy atom. The molecule has 19 heteroatoms. The fourth-order valence-electron chi connectivity index (χ4n) is 11.0. The molecule has 3 N–H and O–H groups in total. The molecule has 0 spiro atoms. The topological polar surface area (TPSA) is 237 Å². The molecule has 546 valence electrons. The van der Waals surface area contributed by atoms with Crippen LogP contribution in [0, 0.1) is 23.7 Å². The minimum absolute atomic E-state index is 0.101. The van der Waals surface area contributed by atoms with E-state index in [1.807, 2.05) is 0 Å². The van der Waals surface area contributed by atoms with Crippen molar-refractivity contribution in [3.05, 3.63) is 0 Å². The third kappa shape index (κ3) is 65.4. The zero-order valence-corrected chi connectivity index (χ0v) is 62.0. The van der Waals surface area contributed by atoms with Gasteiger partial charge in [0.05, 0.1) is 26.4 Å². The lowest BCUT2D eigenvalue weighted by Gasteiger charge is -2.21. The van der Waals surface area contributed by atoms with Crippen LogP contribution in [-0.2, 0) is 65.4 Å². The van der Waals surface area contributed by atoms with Gasteiger partial charge < -0.3 is 33.8 Å². The molecule has 0 aliphatic carbocycles. The number of phosphoric acid groups is 2. The average Bonchev–Trinajstić information content (AvgIpc) is 3.12. The van der Waals surface area contributed by atoms with Gasteiger partial charge >= 0.3 is 39.5 Å². The van der Waals surface area contributed by atoms with Crippen molar-refractivity contribution in [2.75, 3.05) is 39.6 Å². The van der Waals surface area contributed by atoms with E-state index < -0.39 is 97.5 Å². The van der Waals surface area contributed by atoms with Crippen LogP contribution >= 0.6 is 15.6 Å². The molecule has 0 radical (unpaired) electrons. The summed E-state index contributed by atoms with van der Waals surface area (Å²) in [6.07, 6.45) is 46.3. The van der Waals surface area contributed by atoms with Crippen molar-refractivity contribution < 1.29 is 80.2 Å². The molecule has 0 fully saturated rings. The average molecular weight is 1350 g/mol. The van der Waals surface area contributed by atoms with Crippen molar-refractivity contribution in [3.63, 3.8) is 0 Å². The maximum Gasteiger partial charge on any atom is 0.472 e. The second-order valence-corrected chi connectivity index (χ2v) is 30.9. The molecule has 6 atom stereocenters. The summed E-state index contributed by atoms with van der Waals surface area (Å²) in [6.45, 7) is 14.0. The van der Waals surface area contributed by atoms with Crippen molar-refractivity contribution in [3.8, 4) is 0 Å². The number of carbonyl (C=O) groups is 4. The van der Waals surface area contributed by atoms with E-state index in [4.69, 9.17) is 37.0 Å². The van der Waals surface area contributed by atoms with Crippen LogP contribution in [0.2, 0.25) is 0 Å². The summed E-state index contributed by atoms with van der Waals surface area (Å²) < 4.78 is 68.2. The van der Waals surface area contributed by atoms with Crippen LogP contribution in [0.3, 0.4) is 0 Å². The number of phosphoric ester groups is 2. The third-order valence-electron chi connectivity index (χ3n) is 17.2. The van der Waals surface area contributed by atoms with Crippen LogP contribution in [-0.4, -0.2) is 96.7 Å². The number of esters is 4. The zero-order chi connectivity index (χ0) is 68.2. The van der Waals surface area contributed by atoms with Gasteiger partial charge in [-0.05, 0) is 49.4 Å². The first-order valence-electron chi connectivity index (χ1n) is 37.7. The number of rotatable bonds is 70. The largest absolute Gasteiger partial charge is 0.472 e. The number of aliphatic hydroxyl groups is 1. The highest BCUT2D eigenvalue weighted by Gasteiger charge is 2.30. The lowest BCUT2D eigenvalue weighted by atomic mass is 9.99. The van der Waals surface area contributed by atoms with Crippen LogP contribution in [0.15, 0.2) is 0 Å². The van der Waals surface area contributed by atoms with Crippen molar-refractivity contribution in [2.45, 2.75) is 382 Å². The first-order chi connectivity index (χ1) is 44.1. The molecule has 0 aromatic rings. The summed E-state index contributed by atoms with van der Waals surface area (Å²) in [4.78, 5) is 72.5. The van der Waals surface area contributed by atoms with Gasteiger partial charge in [-0.15, -0.1) is 0 Å². The zero-order valence-electron chi connectivity index (χ0n) is 60.2. The Morgan fingerprint density at radius 2 is 0.522 bits per heavy atom. The fraction of sp³-hybridized carbons (Fsp3) is 0.945. The number of aliphatic hydroxyl groups excluding tert-OH is 1. The monoisotopic (exact) mass is 1350 g/mol. The van der Waals surface area contributed by atoms with Gasteiger partial charge in [0.15, 0.2) is 12.2 Å². The van der Waals surface area contributed by atoms with E-state index in [1.54, 1.807) is 0 Å². The smallest absolute Gasteiger partial charge is 0.462 e. The Balaban J connectivity index is 5.15. The molecule has 0 rings (SSSR count). The standard InChI is InChI=1S/C73H142O17P2/c1-9-66(8)52-44-36-26-22-18-16-14-12-10-11-13-15-17-19-23-28-39-47-55-72(77)89-68(59-83-70(75)53-45-37-27-24-20-21-25-33-41-49-63(2)3)61-87-91(79,80)85-57-67(74)58-86-92(81,82)88-62-69(90-73(78)56-48-40-32-30-35-43-51-65(6)7)60-84-71(76)54-46-38-31-29-34-42-50-64(4)5/h63-69,74H,9-62H2,1-8H3,(H,79,80)(H,81,82)/t66?,67-,68-,69-/m1/s1. The van der Waals surface area contributed by atoms with E-state index in [-0.39, 0.29) is 25.7 Å². The van der Waals surface area contributed by atoms with E-state index in [9.17, 15) is 43.2 Å². The van der Waals surface area contributed by atoms with Gasteiger partial charge in [0.1, 0.15) is 19.3 Å². The molecule has 3 unspecified atom stereocenters.